The molecule has 5 heteroatoms. The molecule has 2 aliphatic heterocycles. The third-order valence-corrected chi connectivity index (χ3v) is 16.8. The summed E-state index contributed by atoms with van der Waals surface area (Å²) in [6, 6.07) is 65.5. The van der Waals surface area contributed by atoms with Gasteiger partial charge in [-0.25, -0.2) is 0 Å². The van der Waals surface area contributed by atoms with Crippen LogP contribution >= 0.6 is 0 Å². The Balaban J connectivity index is 1.32. The molecule has 0 atom stereocenters. The van der Waals surface area contributed by atoms with Crippen LogP contribution in [0.5, 0.6) is 0 Å². The molecule has 9 aromatic rings. The van der Waals surface area contributed by atoms with Gasteiger partial charge >= 0.3 is 0 Å². The quantitative estimate of drug-likeness (QED) is 0.159. The average Bonchev–Trinajstić information content (AvgIpc) is 3.64. The van der Waals surface area contributed by atoms with Crippen LogP contribution in [0.15, 0.2) is 170 Å². The van der Waals surface area contributed by atoms with Crippen molar-refractivity contribution in [2.75, 3.05) is 9.80 Å². The van der Waals surface area contributed by atoms with E-state index in [1.807, 2.05) is 0 Å². The number of hydrogen-bond acceptors (Lipinski definition) is 2. The van der Waals surface area contributed by atoms with Crippen molar-refractivity contribution >= 4 is 92.3 Å². The molecule has 0 saturated carbocycles. The Labute approximate surface area is 406 Å². The zero-order valence-electron chi connectivity index (χ0n) is 42.1. The monoisotopic (exact) mass is 901 g/mol. The van der Waals surface area contributed by atoms with Gasteiger partial charge in [-0.15, -0.1) is 0 Å². The third-order valence-electron chi connectivity index (χ3n) is 14.8. The molecule has 338 valence electrons. The molecule has 0 bridgehead atoms. The molecule has 0 aliphatic carbocycles. The second kappa shape index (κ2) is 15.5. The fraction of sp³-hybridized carbons (Fsp3) is 0.238. The first kappa shape index (κ1) is 44.0. The number of para-hydroxylation sites is 2. The van der Waals surface area contributed by atoms with Crippen molar-refractivity contribution in [1.82, 2.24) is 4.57 Å². The van der Waals surface area contributed by atoms with E-state index >= 15 is 0 Å². The van der Waals surface area contributed by atoms with Crippen LogP contribution in [0.3, 0.4) is 0 Å². The lowest BCUT2D eigenvalue weighted by molar-refractivity contribution is 0.590. The topological polar surface area (TPSA) is 11.4 Å². The highest BCUT2D eigenvalue weighted by Crippen LogP contribution is 2.49. The van der Waals surface area contributed by atoms with Crippen LogP contribution in [-0.4, -0.2) is 19.4 Å². The molecule has 3 nitrogen and oxygen atoms in total. The highest BCUT2D eigenvalue weighted by molar-refractivity contribution is 7.00. The minimum atomic E-state index is -1.79. The summed E-state index contributed by atoms with van der Waals surface area (Å²) in [5.74, 6) is 0. The molecule has 2 aliphatic rings. The smallest absolute Gasteiger partial charge is 0.252 e. The Kier molecular flexibility index (Phi) is 10.0. The average molecular weight is 902 g/mol. The number of benzene rings is 8. The second-order valence-corrected chi connectivity index (χ2v) is 28.6. The summed E-state index contributed by atoms with van der Waals surface area (Å²) < 4.78 is 2.52. The summed E-state index contributed by atoms with van der Waals surface area (Å²) in [6.07, 6.45) is 0. The molecule has 0 saturated heterocycles. The van der Waals surface area contributed by atoms with Crippen molar-refractivity contribution in [3.8, 4) is 16.8 Å². The first-order valence-electron chi connectivity index (χ1n) is 24.6. The third kappa shape index (κ3) is 7.16. The van der Waals surface area contributed by atoms with Gasteiger partial charge in [0.2, 0.25) is 0 Å². The molecular formula is C63H64BN3Si. The van der Waals surface area contributed by atoms with E-state index in [0.29, 0.717) is 0 Å². The van der Waals surface area contributed by atoms with Crippen molar-refractivity contribution in [2.45, 2.75) is 98.2 Å². The maximum atomic E-state index is 2.67. The SMILES string of the molecule is CC(C)(C)c1ccc(N2c3ccc(C(C)(C)C)cc3B3c4ccc([Si](C)(C)C)cc4N(c4ccc(C(C)(C)C)cc4-c4ccccc4)c4cc(-n5c6ccccc6c6ccccc65)cc2c43)cc1. The maximum absolute atomic E-state index is 2.67. The van der Waals surface area contributed by atoms with Crippen molar-refractivity contribution in [3.63, 3.8) is 0 Å². The largest absolute Gasteiger partial charge is 0.311 e. The Hall–Kier alpha value is -6.56. The zero-order chi connectivity index (χ0) is 47.7. The molecular weight excluding hydrogens is 838 g/mol. The fourth-order valence-corrected chi connectivity index (χ4v) is 12.1. The van der Waals surface area contributed by atoms with Crippen molar-refractivity contribution in [3.05, 3.63) is 187 Å². The lowest BCUT2D eigenvalue weighted by Gasteiger charge is -2.45. The summed E-state index contributed by atoms with van der Waals surface area (Å²) in [5.41, 5.74) is 21.2. The van der Waals surface area contributed by atoms with Gasteiger partial charge in [-0.1, -0.05) is 196 Å². The van der Waals surface area contributed by atoms with Gasteiger partial charge in [0, 0.05) is 44.8 Å². The van der Waals surface area contributed by atoms with Crippen LogP contribution in [0.2, 0.25) is 19.6 Å². The van der Waals surface area contributed by atoms with E-state index < -0.39 is 8.07 Å². The molecule has 68 heavy (non-hydrogen) atoms. The molecule has 0 spiro atoms. The molecule has 0 radical (unpaired) electrons. The molecule has 0 amide bonds. The van der Waals surface area contributed by atoms with Crippen LogP contribution < -0.4 is 31.4 Å². The van der Waals surface area contributed by atoms with Gasteiger partial charge in [0.05, 0.1) is 30.5 Å². The zero-order valence-corrected chi connectivity index (χ0v) is 43.1. The Bertz CT molecular complexity index is 3390. The first-order chi connectivity index (χ1) is 32.3. The van der Waals surface area contributed by atoms with Crippen LogP contribution in [0.25, 0.3) is 38.6 Å². The standard InChI is InChI=1S/C63H64BN3Si/c1-61(2,3)42-26-30-45(31-27-42)65-56-35-29-44(63(7,8)9)37-52(56)64-51-33-32-47(68(10,11)12)40-57(51)67(55-34-28-43(62(4,5)6)36-50(55)41-20-14-13-15-21-41)59-39-46(38-58(65)60(59)64)66-53-24-18-16-22-48(53)49-23-17-19-25-54(49)66/h13-40H,1-12H3. The summed E-state index contributed by atoms with van der Waals surface area (Å²) in [7, 11) is -1.79. The van der Waals surface area contributed by atoms with Gasteiger partial charge in [-0.2, -0.15) is 0 Å². The van der Waals surface area contributed by atoms with E-state index in [4.69, 9.17) is 0 Å². The minimum Gasteiger partial charge on any atom is -0.311 e. The van der Waals surface area contributed by atoms with E-state index in [2.05, 4.69) is 266 Å². The highest BCUT2D eigenvalue weighted by atomic mass is 28.3. The molecule has 1 aromatic heterocycles. The Morgan fingerprint density at radius 3 is 1.51 bits per heavy atom. The number of fused-ring (bicyclic) bond motifs is 7. The fourth-order valence-electron chi connectivity index (χ4n) is 10.9. The molecule has 0 N–H and O–H groups in total. The van der Waals surface area contributed by atoms with Crippen LogP contribution in [0, 0.1) is 0 Å². The first-order valence-corrected chi connectivity index (χ1v) is 28.1. The summed E-state index contributed by atoms with van der Waals surface area (Å²) in [5, 5.41) is 3.97. The maximum Gasteiger partial charge on any atom is 0.252 e. The highest BCUT2D eigenvalue weighted by Gasteiger charge is 2.45. The van der Waals surface area contributed by atoms with E-state index in [0.717, 1.165) is 11.4 Å². The molecule has 0 unspecified atom stereocenters. The minimum absolute atomic E-state index is 0.00874. The van der Waals surface area contributed by atoms with Gasteiger partial charge in [0.1, 0.15) is 0 Å². The number of anilines is 6. The lowest BCUT2D eigenvalue weighted by Crippen LogP contribution is -2.62. The summed E-state index contributed by atoms with van der Waals surface area (Å²) in [6.45, 7) is 28.4. The summed E-state index contributed by atoms with van der Waals surface area (Å²) in [4.78, 5) is 5.25. The van der Waals surface area contributed by atoms with Crippen molar-refractivity contribution in [2.24, 2.45) is 0 Å². The predicted molar refractivity (Wildman–Crippen MR) is 299 cm³/mol. The number of rotatable bonds is 5. The van der Waals surface area contributed by atoms with Crippen LogP contribution in [-0.2, 0) is 16.2 Å². The normalized spacial score (nSPS) is 13.8. The predicted octanol–water partition coefficient (Wildman–Crippen LogP) is 15.0. The van der Waals surface area contributed by atoms with E-state index in [1.165, 1.54) is 99.6 Å². The Morgan fingerprint density at radius 1 is 0.397 bits per heavy atom. The van der Waals surface area contributed by atoms with Gasteiger partial charge in [0.25, 0.3) is 6.71 Å². The summed E-state index contributed by atoms with van der Waals surface area (Å²) >= 11 is 0. The van der Waals surface area contributed by atoms with Crippen LogP contribution in [0.4, 0.5) is 34.1 Å². The molecule has 0 fully saturated rings. The second-order valence-electron chi connectivity index (χ2n) is 23.6. The van der Waals surface area contributed by atoms with Crippen molar-refractivity contribution in [1.29, 1.82) is 0 Å². The molecule has 3 heterocycles. The van der Waals surface area contributed by atoms with Gasteiger partial charge in [-0.3, -0.25) is 0 Å². The van der Waals surface area contributed by atoms with Gasteiger partial charge in [0.15, 0.2) is 0 Å². The van der Waals surface area contributed by atoms with E-state index in [9.17, 15) is 0 Å². The lowest BCUT2D eigenvalue weighted by atomic mass is 9.33. The molecule has 11 rings (SSSR count). The van der Waals surface area contributed by atoms with Gasteiger partial charge < -0.3 is 14.4 Å². The van der Waals surface area contributed by atoms with Gasteiger partial charge in [-0.05, 0) is 116 Å². The number of nitrogens with zero attached hydrogens (tertiary/aromatic N) is 3. The van der Waals surface area contributed by atoms with Crippen LogP contribution in [0.1, 0.15) is 79.0 Å². The van der Waals surface area contributed by atoms with E-state index in [1.54, 1.807) is 0 Å². The van der Waals surface area contributed by atoms with E-state index in [-0.39, 0.29) is 23.0 Å². The number of hydrogen-bond donors (Lipinski definition) is 0. The van der Waals surface area contributed by atoms with Crippen molar-refractivity contribution < 1.29 is 0 Å². The Morgan fingerprint density at radius 2 is 0.926 bits per heavy atom. The molecule has 8 aromatic carbocycles. The number of aromatic nitrogens is 1.